The summed E-state index contributed by atoms with van der Waals surface area (Å²) in [4.78, 5) is 18.5. The number of fused-ring (bicyclic) bond motifs is 1. The number of carbonyl (C=O) groups excluding carboxylic acids is 1. The maximum Gasteiger partial charge on any atom is 0.255 e. The lowest BCUT2D eigenvalue weighted by molar-refractivity contribution is -0.113. The van der Waals surface area contributed by atoms with Crippen molar-refractivity contribution in [2.24, 2.45) is 0 Å². The Hall–Kier alpha value is -3.95. The smallest absolute Gasteiger partial charge is 0.255 e. The van der Waals surface area contributed by atoms with Crippen LogP contribution in [-0.4, -0.2) is 33.0 Å². The standard InChI is InChI=1S/C31H32ClN5O3S/c1-5-39-26-17-21(14-15-25(26)40-18-22-11-7-8-13-24(22)32)28-27(29(38)34-23-12-9-10-19(3)16-23)20(4)33-30-35-31(41-6-2)36-37(28)30/h7-17,28H,5-6,18H2,1-4H3,(H,34,38)(H,33,35,36). The molecule has 0 saturated carbocycles. The fraction of sp³-hybridized carbons (Fsp3) is 0.258. The molecule has 3 aromatic carbocycles. The number of nitrogens with one attached hydrogen (secondary N) is 2. The number of allylic oxidation sites excluding steroid dienone is 1. The fourth-order valence-corrected chi connectivity index (χ4v) is 5.44. The average Bonchev–Trinajstić information content (AvgIpc) is 3.34. The summed E-state index contributed by atoms with van der Waals surface area (Å²) in [5, 5.41) is 12.4. The van der Waals surface area contributed by atoms with E-state index in [4.69, 9.17) is 26.2 Å². The van der Waals surface area contributed by atoms with Crippen molar-refractivity contribution >= 4 is 40.9 Å². The Morgan fingerprint density at radius 3 is 2.63 bits per heavy atom. The number of ether oxygens (including phenoxy) is 2. The van der Waals surface area contributed by atoms with Gasteiger partial charge in [0.15, 0.2) is 11.5 Å². The van der Waals surface area contributed by atoms with E-state index in [0.29, 0.717) is 52.1 Å². The van der Waals surface area contributed by atoms with Crippen LogP contribution in [0.2, 0.25) is 5.02 Å². The van der Waals surface area contributed by atoms with Gasteiger partial charge in [0.05, 0.1) is 12.2 Å². The van der Waals surface area contributed by atoms with Crippen LogP contribution in [0.5, 0.6) is 11.5 Å². The van der Waals surface area contributed by atoms with Gasteiger partial charge in [-0.3, -0.25) is 4.79 Å². The van der Waals surface area contributed by atoms with E-state index in [9.17, 15) is 4.79 Å². The molecule has 1 aliphatic heterocycles. The molecule has 0 saturated heterocycles. The third-order valence-electron chi connectivity index (χ3n) is 6.55. The number of aromatic nitrogens is 3. The van der Waals surface area contributed by atoms with Gasteiger partial charge in [-0.05, 0) is 68.0 Å². The third-order valence-corrected chi connectivity index (χ3v) is 7.64. The fourth-order valence-electron chi connectivity index (χ4n) is 4.70. The van der Waals surface area contributed by atoms with Crippen molar-refractivity contribution < 1.29 is 14.3 Å². The number of hydrogen-bond acceptors (Lipinski definition) is 7. The Morgan fingerprint density at radius 2 is 1.88 bits per heavy atom. The van der Waals surface area contributed by atoms with Gasteiger partial charge in [0.25, 0.3) is 5.91 Å². The van der Waals surface area contributed by atoms with E-state index in [1.165, 1.54) is 0 Å². The number of hydrogen-bond donors (Lipinski definition) is 2. The summed E-state index contributed by atoms with van der Waals surface area (Å²) in [7, 11) is 0. The molecule has 10 heteroatoms. The van der Waals surface area contributed by atoms with Crippen molar-refractivity contribution in [2.45, 2.75) is 45.5 Å². The predicted octanol–water partition coefficient (Wildman–Crippen LogP) is 7.26. The first-order valence-corrected chi connectivity index (χ1v) is 14.8. The quantitative estimate of drug-likeness (QED) is 0.188. The van der Waals surface area contributed by atoms with Gasteiger partial charge in [0.2, 0.25) is 11.1 Å². The molecule has 8 nitrogen and oxygen atoms in total. The first kappa shape index (κ1) is 28.6. The van der Waals surface area contributed by atoms with Crippen LogP contribution in [0.3, 0.4) is 0 Å². The number of amides is 1. The number of benzene rings is 3. The Labute approximate surface area is 249 Å². The third kappa shape index (κ3) is 6.36. The van der Waals surface area contributed by atoms with Gasteiger partial charge in [0, 0.05) is 22.0 Å². The Morgan fingerprint density at radius 1 is 1.05 bits per heavy atom. The summed E-state index contributed by atoms with van der Waals surface area (Å²) < 4.78 is 13.9. The molecule has 41 heavy (non-hydrogen) atoms. The lowest BCUT2D eigenvalue weighted by Gasteiger charge is -2.29. The molecule has 1 aliphatic rings. The average molecular weight is 590 g/mol. The maximum absolute atomic E-state index is 13.8. The van der Waals surface area contributed by atoms with Crippen LogP contribution in [-0.2, 0) is 11.4 Å². The highest BCUT2D eigenvalue weighted by atomic mass is 35.5. The summed E-state index contributed by atoms with van der Waals surface area (Å²) in [5.41, 5.74) is 4.70. The minimum absolute atomic E-state index is 0.228. The van der Waals surface area contributed by atoms with E-state index < -0.39 is 6.04 Å². The predicted molar refractivity (Wildman–Crippen MR) is 164 cm³/mol. The van der Waals surface area contributed by atoms with E-state index in [1.807, 2.05) is 87.5 Å². The minimum Gasteiger partial charge on any atom is -0.490 e. The highest BCUT2D eigenvalue weighted by Crippen LogP contribution is 2.40. The van der Waals surface area contributed by atoms with E-state index in [0.717, 1.165) is 28.1 Å². The van der Waals surface area contributed by atoms with Crippen LogP contribution in [0.1, 0.15) is 43.5 Å². The number of halogens is 1. The zero-order chi connectivity index (χ0) is 28.9. The number of carbonyl (C=O) groups is 1. The molecule has 5 rings (SSSR count). The van der Waals surface area contributed by atoms with Crippen LogP contribution in [0.15, 0.2) is 83.2 Å². The van der Waals surface area contributed by atoms with Crippen molar-refractivity contribution in [3.8, 4) is 11.5 Å². The molecule has 2 N–H and O–H groups in total. The summed E-state index contributed by atoms with van der Waals surface area (Å²) in [6.07, 6.45) is 0. The van der Waals surface area contributed by atoms with Crippen molar-refractivity contribution in [1.29, 1.82) is 0 Å². The molecule has 2 heterocycles. The van der Waals surface area contributed by atoms with Gasteiger partial charge in [-0.15, -0.1) is 5.10 Å². The minimum atomic E-state index is -0.549. The highest BCUT2D eigenvalue weighted by Gasteiger charge is 2.35. The van der Waals surface area contributed by atoms with Crippen LogP contribution >= 0.6 is 23.4 Å². The van der Waals surface area contributed by atoms with Crippen LogP contribution in [0.4, 0.5) is 11.6 Å². The van der Waals surface area contributed by atoms with Crippen molar-refractivity contribution in [3.63, 3.8) is 0 Å². The largest absolute Gasteiger partial charge is 0.490 e. The zero-order valence-corrected chi connectivity index (χ0v) is 25.0. The summed E-state index contributed by atoms with van der Waals surface area (Å²) in [6.45, 7) is 8.58. The second kappa shape index (κ2) is 12.7. The first-order valence-electron chi connectivity index (χ1n) is 13.5. The molecular weight excluding hydrogens is 558 g/mol. The molecule has 0 bridgehead atoms. The van der Waals surface area contributed by atoms with E-state index in [2.05, 4.69) is 22.5 Å². The first-order chi connectivity index (χ1) is 19.9. The number of aryl methyl sites for hydroxylation is 1. The number of nitrogens with zero attached hydrogens (tertiary/aromatic N) is 3. The Bertz CT molecular complexity index is 1600. The topological polar surface area (TPSA) is 90.3 Å². The number of rotatable bonds is 10. The van der Waals surface area contributed by atoms with Gasteiger partial charge in [-0.25, -0.2) is 4.68 Å². The van der Waals surface area contributed by atoms with Crippen LogP contribution in [0, 0.1) is 6.92 Å². The maximum atomic E-state index is 13.8. The molecule has 212 valence electrons. The molecule has 1 amide bonds. The van der Waals surface area contributed by atoms with Crippen molar-refractivity contribution in [1.82, 2.24) is 14.8 Å². The molecule has 0 radical (unpaired) electrons. The van der Waals surface area contributed by atoms with Gasteiger partial charge < -0.3 is 20.1 Å². The monoisotopic (exact) mass is 589 g/mol. The zero-order valence-electron chi connectivity index (χ0n) is 23.4. The lowest BCUT2D eigenvalue weighted by atomic mass is 9.94. The Balaban J connectivity index is 1.54. The van der Waals surface area contributed by atoms with Crippen molar-refractivity contribution in [3.05, 3.63) is 99.7 Å². The van der Waals surface area contributed by atoms with Crippen molar-refractivity contribution in [2.75, 3.05) is 23.0 Å². The SMILES string of the molecule is CCOc1cc(C2C(C(=O)Nc3cccc(C)c3)=C(C)Nc3nc(SCC)nn32)ccc1OCc1ccccc1Cl. The molecule has 1 unspecified atom stereocenters. The summed E-state index contributed by atoms with van der Waals surface area (Å²) >= 11 is 7.88. The number of thioether (sulfide) groups is 1. The number of anilines is 2. The molecule has 1 aromatic heterocycles. The van der Waals surface area contributed by atoms with Gasteiger partial charge in [-0.2, -0.15) is 4.98 Å². The molecule has 1 atom stereocenters. The second-order valence-electron chi connectivity index (χ2n) is 9.50. The second-order valence-corrected chi connectivity index (χ2v) is 11.1. The van der Waals surface area contributed by atoms with Crippen LogP contribution < -0.4 is 20.1 Å². The molecule has 0 aliphatic carbocycles. The molecule has 4 aromatic rings. The molecule has 0 spiro atoms. The molecular formula is C31H32ClN5O3S. The highest BCUT2D eigenvalue weighted by molar-refractivity contribution is 7.99. The summed E-state index contributed by atoms with van der Waals surface area (Å²) in [6, 6.07) is 20.5. The normalized spacial score (nSPS) is 14.3. The Kier molecular flexibility index (Phi) is 8.85. The van der Waals surface area contributed by atoms with Crippen LogP contribution in [0.25, 0.3) is 0 Å². The van der Waals surface area contributed by atoms with Gasteiger partial charge in [-0.1, -0.05) is 66.7 Å². The molecule has 0 fully saturated rings. The lowest BCUT2D eigenvalue weighted by Crippen LogP contribution is -2.31. The van der Waals surface area contributed by atoms with Gasteiger partial charge in [0.1, 0.15) is 12.6 Å². The van der Waals surface area contributed by atoms with E-state index in [-0.39, 0.29) is 5.91 Å². The van der Waals surface area contributed by atoms with E-state index in [1.54, 1.807) is 16.4 Å². The van der Waals surface area contributed by atoms with E-state index >= 15 is 0 Å². The summed E-state index contributed by atoms with van der Waals surface area (Å²) in [5.74, 6) is 2.32. The van der Waals surface area contributed by atoms with Gasteiger partial charge >= 0.3 is 0 Å².